The van der Waals surface area contributed by atoms with Crippen molar-refractivity contribution in [3.8, 4) is 11.8 Å². The number of carbonyl (C=O) groups excluding carboxylic acids is 2. The van der Waals surface area contributed by atoms with Gasteiger partial charge in [0.05, 0.1) is 12.1 Å². The van der Waals surface area contributed by atoms with Crippen LogP contribution in [0.15, 0.2) is 18.2 Å². The highest BCUT2D eigenvalue weighted by atomic mass is 16.2. The van der Waals surface area contributed by atoms with E-state index in [9.17, 15) is 9.59 Å². The highest BCUT2D eigenvalue weighted by molar-refractivity contribution is 5.97. The molecule has 0 spiro atoms. The molecule has 0 saturated heterocycles. The summed E-state index contributed by atoms with van der Waals surface area (Å²) in [6.07, 6.45) is 0. The number of primary amides is 1. The average molecular weight is 274 g/mol. The number of amides is 3. The smallest absolute Gasteiger partial charge is 0.312 e. The van der Waals surface area contributed by atoms with Crippen LogP contribution in [-0.2, 0) is 0 Å². The molecule has 0 bridgehead atoms. The molecule has 20 heavy (non-hydrogen) atoms. The fraction of sp³-hybridized carbons (Fsp3) is 0.286. The summed E-state index contributed by atoms with van der Waals surface area (Å²) in [6.45, 7) is 2.69. The van der Waals surface area contributed by atoms with Gasteiger partial charge in [-0.15, -0.1) is 0 Å². The molecule has 0 aliphatic carbocycles. The Labute approximate surface area is 117 Å². The monoisotopic (exact) mass is 274 g/mol. The lowest BCUT2D eigenvalue weighted by Gasteiger charge is -2.08. The molecule has 3 amide bonds. The van der Waals surface area contributed by atoms with Gasteiger partial charge in [-0.05, 0) is 19.1 Å². The normalized spacial score (nSPS) is 9.30. The molecule has 1 rings (SSSR count). The first-order valence-electron chi connectivity index (χ1n) is 6.15. The number of aryl methyl sites for hydroxylation is 1. The van der Waals surface area contributed by atoms with Gasteiger partial charge in [0.25, 0.3) is 5.91 Å². The van der Waals surface area contributed by atoms with Gasteiger partial charge in [0.1, 0.15) is 0 Å². The van der Waals surface area contributed by atoms with Gasteiger partial charge in [0.15, 0.2) is 0 Å². The topological polar surface area (TPSA) is 110 Å². The third-order valence-corrected chi connectivity index (χ3v) is 2.45. The van der Waals surface area contributed by atoms with E-state index in [0.29, 0.717) is 17.7 Å². The Kier molecular flexibility index (Phi) is 6.07. The van der Waals surface area contributed by atoms with Gasteiger partial charge >= 0.3 is 6.03 Å². The van der Waals surface area contributed by atoms with Crippen LogP contribution in [0, 0.1) is 18.8 Å². The summed E-state index contributed by atoms with van der Waals surface area (Å²) in [5.41, 5.74) is 12.3. The first-order valence-corrected chi connectivity index (χ1v) is 6.15. The Morgan fingerprint density at radius 1 is 1.25 bits per heavy atom. The van der Waals surface area contributed by atoms with Crippen molar-refractivity contribution in [2.75, 3.05) is 19.6 Å². The van der Waals surface area contributed by atoms with Gasteiger partial charge in [-0.25, -0.2) is 4.79 Å². The summed E-state index contributed by atoms with van der Waals surface area (Å²) in [7, 11) is 0. The molecule has 0 heterocycles. The molecule has 0 saturated carbocycles. The Bertz CT molecular complexity index is 558. The fourth-order valence-corrected chi connectivity index (χ4v) is 1.56. The summed E-state index contributed by atoms with van der Waals surface area (Å²) in [5, 5.41) is 5.08. The van der Waals surface area contributed by atoms with Gasteiger partial charge < -0.3 is 22.1 Å². The maximum atomic E-state index is 12.1. The van der Waals surface area contributed by atoms with E-state index in [1.165, 1.54) is 0 Å². The van der Waals surface area contributed by atoms with Crippen LogP contribution >= 0.6 is 0 Å². The molecule has 0 aromatic heterocycles. The summed E-state index contributed by atoms with van der Waals surface area (Å²) in [4.78, 5) is 22.6. The van der Waals surface area contributed by atoms with Crippen molar-refractivity contribution in [2.24, 2.45) is 11.5 Å². The predicted molar refractivity (Wildman–Crippen MR) is 77.0 cm³/mol. The summed E-state index contributed by atoms with van der Waals surface area (Å²) in [5.74, 6) is 5.34. The summed E-state index contributed by atoms with van der Waals surface area (Å²) in [6, 6.07) is 4.81. The van der Waals surface area contributed by atoms with Gasteiger partial charge in [-0.2, -0.15) is 0 Å². The van der Waals surface area contributed by atoms with Crippen molar-refractivity contribution in [2.45, 2.75) is 6.92 Å². The minimum absolute atomic E-state index is 0.234. The summed E-state index contributed by atoms with van der Waals surface area (Å²) < 4.78 is 0. The number of rotatable bonds is 4. The number of nitrogens with two attached hydrogens (primary N) is 2. The third kappa shape index (κ3) is 5.00. The molecule has 0 radical (unpaired) electrons. The molecule has 106 valence electrons. The predicted octanol–water partition coefficient (Wildman–Crippen LogP) is -0.297. The molecule has 0 atom stereocenters. The third-order valence-electron chi connectivity index (χ3n) is 2.45. The Balaban J connectivity index is 2.75. The van der Waals surface area contributed by atoms with Crippen LogP contribution in [-0.4, -0.2) is 31.6 Å². The zero-order valence-electron chi connectivity index (χ0n) is 11.3. The van der Waals surface area contributed by atoms with Crippen molar-refractivity contribution in [3.63, 3.8) is 0 Å². The standard InChI is InChI=1S/C14H18N4O2/c1-10-4-5-11(3-2-6-15)12(9-10)13(19)17-7-8-18-14(16)20/h4-5,9H,6-8,15H2,1H3,(H,17,19)(H3,16,18,20). The highest BCUT2D eigenvalue weighted by Gasteiger charge is 2.10. The van der Waals surface area contributed by atoms with Crippen molar-refractivity contribution in [1.82, 2.24) is 10.6 Å². The van der Waals surface area contributed by atoms with Crippen molar-refractivity contribution >= 4 is 11.9 Å². The number of nitrogens with one attached hydrogen (secondary N) is 2. The Morgan fingerprint density at radius 3 is 2.60 bits per heavy atom. The second kappa shape index (κ2) is 7.81. The first kappa shape index (κ1) is 15.5. The zero-order chi connectivity index (χ0) is 15.0. The van der Waals surface area contributed by atoms with E-state index >= 15 is 0 Å². The molecule has 0 aliphatic rings. The molecule has 6 N–H and O–H groups in total. The minimum atomic E-state index is -0.621. The van der Waals surface area contributed by atoms with Crippen LogP contribution < -0.4 is 22.1 Å². The van der Waals surface area contributed by atoms with Crippen LogP contribution in [0.3, 0.4) is 0 Å². The lowest BCUT2D eigenvalue weighted by Crippen LogP contribution is -2.37. The molecular weight excluding hydrogens is 256 g/mol. The molecular formula is C14H18N4O2. The molecule has 6 nitrogen and oxygen atoms in total. The van der Waals surface area contributed by atoms with Gasteiger partial charge in [-0.3, -0.25) is 4.79 Å². The van der Waals surface area contributed by atoms with Gasteiger partial charge in [0, 0.05) is 18.7 Å². The number of benzene rings is 1. The first-order chi connectivity index (χ1) is 9.54. The van der Waals surface area contributed by atoms with E-state index in [1.54, 1.807) is 12.1 Å². The Morgan fingerprint density at radius 2 is 1.95 bits per heavy atom. The molecule has 1 aromatic carbocycles. The molecule has 0 fully saturated rings. The lowest BCUT2D eigenvalue weighted by molar-refractivity contribution is 0.0953. The van der Waals surface area contributed by atoms with E-state index < -0.39 is 6.03 Å². The zero-order valence-corrected chi connectivity index (χ0v) is 11.3. The van der Waals surface area contributed by atoms with Crippen LogP contribution in [0.5, 0.6) is 0 Å². The number of urea groups is 1. The fourth-order valence-electron chi connectivity index (χ4n) is 1.56. The summed E-state index contributed by atoms with van der Waals surface area (Å²) >= 11 is 0. The highest BCUT2D eigenvalue weighted by Crippen LogP contribution is 2.10. The Hall–Kier alpha value is -2.52. The number of hydrogen-bond donors (Lipinski definition) is 4. The lowest BCUT2D eigenvalue weighted by atomic mass is 10.0. The van der Waals surface area contributed by atoms with E-state index in [4.69, 9.17) is 11.5 Å². The maximum Gasteiger partial charge on any atom is 0.312 e. The SMILES string of the molecule is Cc1ccc(C#CCN)c(C(=O)NCCNC(N)=O)c1. The molecule has 6 heteroatoms. The van der Waals surface area contributed by atoms with Crippen molar-refractivity contribution in [1.29, 1.82) is 0 Å². The molecule has 0 aliphatic heterocycles. The second-order valence-electron chi connectivity index (χ2n) is 4.10. The van der Waals surface area contributed by atoms with Gasteiger partial charge in [-0.1, -0.05) is 23.5 Å². The van der Waals surface area contributed by atoms with Gasteiger partial charge in [0.2, 0.25) is 0 Å². The number of carbonyl (C=O) groups is 2. The second-order valence-corrected chi connectivity index (χ2v) is 4.10. The van der Waals surface area contributed by atoms with Crippen LogP contribution in [0.2, 0.25) is 0 Å². The largest absolute Gasteiger partial charge is 0.352 e. The quantitative estimate of drug-likeness (QED) is 0.447. The number of hydrogen-bond acceptors (Lipinski definition) is 3. The molecule has 0 unspecified atom stereocenters. The van der Waals surface area contributed by atoms with E-state index in [2.05, 4.69) is 22.5 Å². The van der Waals surface area contributed by atoms with Crippen molar-refractivity contribution < 1.29 is 9.59 Å². The van der Waals surface area contributed by atoms with E-state index in [-0.39, 0.29) is 19.0 Å². The van der Waals surface area contributed by atoms with Crippen molar-refractivity contribution in [3.05, 3.63) is 34.9 Å². The van der Waals surface area contributed by atoms with E-state index in [0.717, 1.165) is 5.56 Å². The molecule has 1 aromatic rings. The average Bonchev–Trinajstić information content (AvgIpc) is 2.41. The van der Waals surface area contributed by atoms with Crippen LogP contribution in [0.1, 0.15) is 21.5 Å². The van der Waals surface area contributed by atoms with Crippen LogP contribution in [0.4, 0.5) is 4.79 Å². The van der Waals surface area contributed by atoms with Crippen LogP contribution in [0.25, 0.3) is 0 Å². The van der Waals surface area contributed by atoms with E-state index in [1.807, 2.05) is 13.0 Å². The maximum absolute atomic E-state index is 12.1. The minimum Gasteiger partial charge on any atom is -0.352 e.